The highest BCUT2D eigenvalue weighted by Crippen LogP contribution is 2.35. The highest BCUT2D eigenvalue weighted by atomic mass is 16.5. The summed E-state index contributed by atoms with van der Waals surface area (Å²) in [6.07, 6.45) is -1.51. The van der Waals surface area contributed by atoms with Crippen LogP contribution >= 0.6 is 0 Å². The summed E-state index contributed by atoms with van der Waals surface area (Å²) in [6.45, 7) is 1.01. The van der Waals surface area contributed by atoms with E-state index in [0.717, 1.165) is 15.2 Å². The molecule has 0 aliphatic carbocycles. The molecule has 6 atom stereocenters. The summed E-state index contributed by atoms with van der Waals surface area (Å²) < 4.78 is 11.9. The quantitative estimate of drug-likeness (QED) is 0.384. The summed E-state index contributed by atoms with van der Waals surface area (Å²) in [6, 6.07) is -1.12. The van der Waals surface area contributed by atoms with Gasteiger partial charge in [0, 0.05) is 32.2 Å². The zero-order chi connectivity index (χ0) is 22.9. The number of hydrogen-bond acceptors (Lipinski definition) is 8. The largest absolute Gasteiger partial charge is 0.394 e. The maximum atomic E-state index is 12.8. The van der Waals surface area contributed by atoms with Crippen LogP contribution in [0.1, 0.15) is 31.6 Å². The summed E-state index contributed by atoms with van der Waals surface area (Å²) in [5.74, 6) is -0.297. The number of aliphatic hydroxyl groups excluding tert-OH is 3. The monoisotopic (exact) mass is 442 g/mol. The van der Waals surface area contributed by atoms with Gasteiger partial charge in [0.25, 0.3) is 5.56 Å². The lowest BCUT2D eigenvalue weighted by atomic mass is 9.80. The van der Waals surface area contributed by atoms with E-state index in [4.69, 9.17) is 9.47 Å². The second kappa shape index (κ2) is 9.49. The molecule has 0 spiro atoms. The van der Waals surface area contributed by atoms with E-state index < -0.39 is 47.6 Å². The van der Waals surface area contributed by atoms with Gasteiger partial charge >= 0.3 is 11.7 Å². The fourth-order valence-electron chi connectivity index (χ4n) is 4.55. The second-order valence-corrected chi connectivity index (χ2v) is 8.09. The summed E-state index contributed by atoms with van der Waals surface area (Å²) >= 11 is 0. The van der Waals surface area contributed by atoms with Crippen molar-refractivity contribution in [2.45, 2.75) is 63.6 Å². The number of nitrogens with zero attached hydrogens (tertiary/aromatic N) is 3. The van der Waals surface area contributed by atoms with Crippen LogP contribution in [0, 0.1) is 5.92 Å². The molecule has 0 aromatic carbocycles. The molecule has 0 radical (unpaired) electrons. The lowest BCUT2D eigenvalue weighted by Gasteiger charge is -2.51. The van der Waals surface area contributed by atoms with E-state index in [9.17, 15) is 29.7 Å². The van der Waals surface area contributed by atoms with E-state index >= 15 is 0 Å². The van der Waals surface area contributed by atoms with Gasteiger partial charge < -0.3 is 35.0 Å². The van der Waals surface area contributed by atoms with Crippen LogP contribution < -0.4 is 16.6 Å². The van der Waals surface area contributed by atoms with Crippen molar-refractivity contribution >= 4 is 6.03 Å². The van der Waals surface area contributed by atoms with Crippen molar-refractivity contribution in [3.63, 3.8) is 0 Å². The summed E-state index contributed by atoms with van der Waals surface area (Å²) in [5, 5.41) is 33.8. The normalized spacial score (nSPS) is 29.4. The molecule has 12 heteroatoms. The molecular weight excluding hydrogens is 412 g/mol. The first-order valence-electron chi connectivity index (χ1n) is 10.1. The van der Waals surface area contributed by atoms with Gasteiger partial charge in [-0.05, 0) is 12.8 Å². The van der Waals surface area contributed by atoms with Crippen LogP contribution in [0.5, 0.6) is 0 Å². The summed E-state index contributed by atoms with van der Waals surface area (Å²) in [4.78, 5) is 39.5. The Morgan fingerprint density at radius 2 is 1.81 bits per heavy atom. The second-order valence-electron chi connectivity index (χ2n) is 8.09. The number of aliphatic hydroxyl groups is 3. The minimum absolute atomic E-state index is 0.00591. The summed E-state index contributed by atoms with van der Waals surface area (Å²) in [7, 11) is 2.71. The Hall–Kier alpha value is -2.25. The average molecular weight is 442 g/mol. The fraction of sp³-hybridized carbons (Fsp3) is 0.737. The molecule has 3 rings (SSSR count). The first kappa shape index (κ1) is 23.4. The molecule has 2 amide bonds. The van der Waals surface area contributed by atoms with Crippen molar-refractivity contribution in [3.8, 4) is 0 Å². The van der Waals surface area contributed by atoms with Gasteiger partial charge in [0.05, 0.1) is 30.5 Å². The Bertz CT molecular complexity index is 915. The van der Waals surface area contributed by atoms with Gasteiger partial charge in [0.2, 0.25) is 0 Å². The Labute approximate surface area is 178 Å². The molecule has 1 aromatic rings. The molecule has 1 aromatic heterocycles. The molecule has 0 unspecified atom stereocenters. The number of methoxy groups -OCH3 is 2. The number of nitrogens with one attached hydrogen (secondary N) is 1. The zero-order valence-electron chi connectivity index (χ0n) is 17.8. The van der Waals surface area contributed by atoms with Gasteiger partial charge in [-0.15, -0.1) is 0 Å². The van der Waals surface area contributed by atoms with Gasteiger partial charge in [-0.2, -0.15) is 0 Å². The molecule has 0 bridgehead atoms. The van der Waals surface area contributed by atoms with E-state index in [-0.39, 0.29) is 38.1 Å². The number of piperidine rings is 1. The van der Waals surface area contributed by atoms with Crippen LogP contribution in [0.3, 0.4) is 0 Å². The molecule has 31 heavy (non-hydrogen) atoms. The lowest BCUT2D eigenvalue weighted by Crippen LogP contribution is -2.67. The predicted molar refractivity (Wildman–Crippen MR) is 107 cm³/mol. The number of amides is 2. The van der Waals surface area contributed by atoms with Gasteiger partial charge in [-0.25, -0.2) is 14.2 Å². The number of urea groups is 1. The minimum Gasteiger partial charge on any atom is -0.394 e. The maximum absolute atomic E-state index is 12.8. The smallest absolute Gasteiger partial charge is 0.335 e. The molecule has 4 N–H and O–H groups in total. The highest BCUT2D eigenvalue weighted by molar-refractivity contribution is 5.76. The summed E-state index contributed by atoms with van der Waals surface area (Å²) in [5.41, 5.74) is -1.36. The van der Waals surface area contributed by atoms with Gasteiger partial charge in [-0.1, -0.05) is 6.92 Å². The van der Waals surface area contributed by atoms with Crippen molar-refractivity contribution in [2.24, 2.45) is 5.92 Å². The van der Waals surface area contributed by atoms with Crippen LogP contribution in [0.2, 0.25) is 0 Å². The SMILES string of the molecule is COCn1c([C@H](O)[C@H]2C[C@H]3C[C@H](O)[C@H](C)[C@@H](CO)N3C(=O)N2)cc(=O)n(COC)c1=O. The number of aromatic nitrogens is 2. The van der Waals surface area contributed by atoms with Crippen molar-refractivity contribution in [1.82, 2.24) is 19.4 Å². The zero-order valence-corrected chi connectivity index (χ0v) is 17.8. The van der Waals surface area contributed by atoms with Crippen LogP contribution in [0.15, 0.2) is 15.7 Å². The Kier molecular flexibility index (Phi) is 7.17. The van der Waals surface area contributed by atoms with Gasteiger partial charge in [0.15, 0.2) is 0 Å². The number of ether oxygens (including phenoxy) is 2. The van der Waals surface area contributed by atoms with Gasteiger partial charge in [-0.3, -0.25) is 9.36 Å². The van der Waals surface area contributed by atoms with E-state index in [1.807, 2.05) is 0 Å². The van der Waals surface area contributed by atoms with Crippen LogP contribution in [-0.4, -0.2) is 80.4 Å². The number of rotatable bonds is 7. The number of hydrogen-bond donors (Lipinski definition) is 4. The van der Waals surface area contributed by atoms with E-state index in [2.05, 4.69) is 5.32 Å². The Morgan fingerprint density at radius 3 is 2.42 bits per heavy atom. The third kappa shape index (κ3) is 4.26. The molecule has 2 aliphatic rings. The van der Waals surface area contributed by atoms with E-state index in [1.165, 1.54) is 19.1 Å². The Balaban J connectivity index is 1.94. The minimum atomic E-state index is -1.37. The predicted octanol–water partition coefficient (Wildman–Crippen LogP) is -1.83. The first-order chi connectivity index (χ1) is 14.7. The Morgan fingerprint density at radius 1 is 1.16 bits per heavy atom. The van der Waals surface area contributed by atoms with Crippen molar-refractivity contribution < 1.29 is 29.6 Å². The van der Waals surface area contributed by atoms with Crippen LogP contribution in [0.25, 0.3) is 0 Å². The van der Waals surface area contributed by atoms with E-state index in [0.29, 0.717) is 6.42 Å². The highest BCUT2D eigenvalue weighted by Gasteiger charge is 2.47. The standard InChI is InChI=1S/C19H30N4O8/c1-10-14(7-24)23-11(5-15(10)25)4-12(20-18(23)28)17(27)13-6-16(26)22(9-31-3)19(29)21(13)8-30-2/h6,10-12,14-15,17,24-25,27H,4-5,7-9H2,1-3H3,(H,20,28)/t10-,11+,12-,14-,15+,17-/m1/s1. The molecule has 3 heterocycles. The average Bonchev–Trinajstić information content (AvgIpc) is 2.73. The third-order valence-electron chi connectivity index (χ3n) is 6.25. The lowest BCUT2D eigenvalue weighted by molar-refractivity contribution is -0.0583. The van der Waals surface area contributed by atoms with Crippen molar-refractivity contribution in [1.29, 1.82) is 0 Å². The van der Waals surface area contributed by atoms with Crippen LogP contribution in [0.4, 0.5) is 4.79 Å². The first-order valence-corrected chi connectivity index (χ1v) is 10.1. The molecule has 2 fully saturated rings. The topological polar surface area (TPSA) is 155 Å². The molecule has 2 saturated heterocycles. The molecule has 0 saturated carbocycles. The van der Waals surface area contributed by atoms with Crippen molar-refractivity contribution in [2.75, 3.05) is 20.8 Å². The van der Waals surface area contributed by atoms with Crippen molar-refractivity contribution in [3.05, 3.63) is 32.6 Å². The molecule has 2 aliphatic heterocycles. The number of carbonyl (C=O) groups excluding carboxylic acids is 1. The molecule has 174 valence electrons. The van der Waals surface area contributed by atoms with Crippen LogP contribution in [-0.2, 0) is 22.9 Å². The maximum Gasteiger partial charge on any atom is 0.335 e. The van der Waals surface area contributed by atoms with Gasteiger partial charge in [0.1, 0.15) is 19.6 Å². The third-order valence-corrected chi connectivity index (χ3v) is 6.25. The molecule has 12 nitrogen and oxygen atoms in total. The van der Waals surface area contributed by atoms with E-state index in [1.54, 1.807) is 6.92 Å². The number of carbonyl (C=O) groups is 1. The number of fused-ring (bicyclic) bond motifs is 1. The fourth-order valence-corrected chi connectivity index (χ4v) is 4.55. The molecular formula is C19H30N4O8.